The number of ether oxygens (including phenoxy) is 1. The minimum absolute atomic E-state index is 0. The third-order valence-corrected chi connectivity index (χ3v) is 5.36. The molecule has 1 fully saturated rings. The molecule has 1 aliphatic rings. The molecule has 0 atom stereocenters. The molecule has 0 aliphatic carbocycles. The molecule has 0 unspecified atom stereocenters. The van der Waals surface area contributed by atoms with Gasteiger partial charge in [0, 0.05) is 56.2 Å². The molecule has 0 saturated carbocycles. The quantitative estimate of drug-likeness (QED) is 0.362. The molecule has 1 saturated heterocycles. The zero-order valence-corrected chi connectivity index (χ0v) is 19.9. The predicted octanol–water partition coefficient (Wildman–Crippen LogP) is 3.01. The minimum atomic E-state index is 0. The Kier molecular flexibility index (Phi) is 9.23. The zero-order valence-electron chi connectivity index (χ0n) is 16.7. The minimum Gasteiger partial charge on any atom is -0.496 e. The number of methoxy groups -OCH3 is 1. The van der Waals surface area contributed by atoms with Crippen LogP contribution in [0, 0.1) is 0 Å². The highest BCUT2D eigenvalue weighted by Crippen LogP contribution is 2.20. The van der Waals surface area contributed by atoms with Gasteiger partial charge in [0.1, 0.15) is 11.6 Å². The number of rotatable bonds is 6. The lowest BCUT2D eigenvalue weighted by atomic mass is 10.2. The average Bonchev–Trinajstić information content (AvgIpc) is 3.21. The number of halogens is 1. The summed E-state index contributed by atoms with van der Waals surface area (Å²) >= 11 is 1.50. The third kappa shape index (κ3) is 5.69. The van der Waals surface area contributed by atoms with Crippen molar-refractivity contribution in [3.8, 4) is 5.75 Å². The van der Waals surface area contributed by atoms with Gasteiger partial charge >= 0.3 is 0 Å². The van der Waals surface area contributed by atoms with Crippen molar-refractivity contribution < 1.29 is 4.74 Å². The Bertz CT molecular complexity index is 760. The lowest BCUT2D eigenvalue weighted by Crippen LogP contribution is -2.52. The Labute approximate surface area is 188 Å². The van der Waals surface area contributed by atoms with E-state index in [2.05, 4.69) is 44.4 Å². The monoisotopic (exact) mass is 516 g/mol. The Morgan fingerprint density at radius 1 is 1.21 bits per heavy atom. The summed E-state index contributed by atoms with van der Waals surface area (Å²) in [4.78, 5) is 14.1. The van der Waals surface area contributed by atoms with Gasteiger partial charge in [-0.25, -0.2) is 9.98 Å². The predicted molar refractivity (Wildman–Crippen MR) is 126 cm³/mol. The van der Waals surface area contributed by atoms with E-state index in [0.717, 1.165) is 67.4 Å². The van der Waals surface area contributed by atoms with Crippen molar-refractivity contribution in [1.82, 2.24) is 19.6 Å². The van der Waals surface area contributed by atoms with Crippen LogP contribution in [0.5, 0.6) is 5.75 Å². The van der Waals surface area contributed by atoms with Crippen molar-refractivity contribution in [1.29, 1.82) is 0 Å². The maximum Gasteiger partial charge on any atom is 0.205 e. The van der Waals surface area contributed by atoms with E-state index in [0.29, 0.717) is 6.54 Å². The molecular formula is C19H29IN6OS. The van der Waals surface area contributed by atoms with Crippen molar-refractivity contribution in [2.75, 3.05) is 44.7 Å². The van der Waals surface area contributed by atoms with Gasteiger partial charge in [-0.3, -0.25) is 0 Å². The zero-order chi connectivity index (χ0) is 19.1. The van der Waals surface area contributed by atoms with Gasteiger partial charge in [-0.1, -0.05) is 25.1 Å². The highest BCUT2D eigenvalue weighted by Gasteiger charge is 2.22. The number of nitrogens with zero attached hydrogens (tertiary/aromatic N) is 5. The van der Waals surface area contributed by atoms with Gasteiger partial charge in [0.05, 0.1) is 13.7 Å². The molecule has 1 N–H and O–H groups in total. The van der Waals surface area contributed by atoms with E-state index in [1.54, 1.807) is 7.11 Å². The second-order valence-corrected chi connectivity index (χ2v) is 7.03. The van der Waals surface area contributed by atoms with Crippen LogP contribution in [0.2, 0.25) is 0 Å². The summed E-state index contributed by atoms with van der Waals surface area (Å²) in [6.45, 7) is 9.32. The van der Waals surface area contributed by atoms with E-state index in [-0.39, 0.29) is 24.0 Å². The molecule has 0 spiro atoms. The highest BCUT2D eigenvalue weighted by molar-refractivity contribution is 14.0. The number of aryl methyl sites for hydroxylation is 1. The molecule has 0 amide bonds. The normalized spacial score (nSPS) is 14.6. The molecule has 7 nitrogen and oxygen atoms in total. The number of guanidine groups is 1. The summed E-state index contributed by atoms with van der Waals surface area (Å²) in [6.07, 6.45) is 0.886. The standard InChI is InChI=1S/C19H28N6OS.HI/c1-4-17-22-19(27-23-17)25-12-10-24(11-13-25)18(20-5-2)21-14-15-8-6-7-9-16(15)26-3;/h6-9H,4-5,10-14H2,1-3H3,(H,20,21);1H. The van der Waals surface area contributed by atoms with Crippen LogP contribution >= 0.6 is 35.5 Å². The molecular weight excluding hydrogens is 487 g/mol. The summed E-state index contributed by atoms with van der Waals surface area (Å²) in [6, 6.07) is 8.04. The van der Waals surface area contributed by atoms with Gasteiger partial charge in [0.15, 0.2) is 5.96 Å². The summed E-state index contributed by atoms with van der Waals surface area (Å²) in [5, 5.41) is 4.45. The summed E-state index contributed by atoms with van der Waals surface area (Å²) < 4.78 is 9.84. The van der Waals surface area contributed by atoms with Crippen molar-refractivity contribution in [3.63, 3.8) is 0 Å². The van der Waals surface area contributed by atoms with Crippen LogP contribution in [0.15, 0.2) is 29.3 Å². The van der Waals surface area contributed by atoms with Crippen molar-refractivity contribution in [2.24, 2.45) is 4.99 Å². The van der Waals surface area contributed by atoms with Gasteiger partial charge in [-0.05, 0) is 13.0 Å². The van der Waals surface area contributed by atoms with Gasteiger partial charge in [-0.2, -0.15) is 4.37 Å². The van der Waals surface area contributed by atoms with E-state index >= 15 is 0 Å². The summed E-state index contributed by atoms with van der Waals surface area (Å²) in [5.74, 6) is 2.77. The molecule has 28 heavy (non-hydrogen) atoms. The number of benzene rings is 1. The number of hydrogen-bond acceptors (Lipinski definition) is 6. The number of anilines is 1. The fourth-order valence-corrected chi connectivity index (χ4v) is 3.85. The first-order chi connectivity index (χ1) is 13.2. The van der Waals surface area contributed by atoms with Gasteiger partial charge < -0.3 is 19.9 Å². The number of aromatic nitrogens is 2. The van der Waals surface area contributed by atoms with Crippen LogP contribution in [0.4, 0.5) is 5.13 Å². The molecule has 1 aromatic heterocycles. The molecule has 2 aromatic rings. The second kappa shape index (κ2) is 11.4. The van der Waals surface area contributed by atoms with Gasteiger partial charge in [0.25, 0.3) is 0 Å². The van der Waals surface area contributed by atoms with Crippen LogP contribution in [0.3, 0.4) is 0 Å². The molecule has 3 rings (SSSR count). The molecule has 2 heterocycles. The van der Waals surface area contributed by atoms with Crippen LogP contribution < -0.4 is 15.0 Å². The molecule has 0 radical (unpaired) electrons. The Morgan fingerprint density at radius 3 is 2.61 bits per heavy atom. The Balaban J connectivity index is 0.00000280. The molecule has 1 aliphatic heterocycles. The molecule has 0 bridgehead atoms. The second-order valence-electron chi connectivity index (χ2n) is 6.30. The van der Waals surface area contributed by atoms with Crippen LogP contribution in [-0.2, 0) is 13.0 Å². The Morgan fingerprint density at radius 2 is 1.96 bits per heavy atom. The average molecular weight is 516 g/mol. The number of aliphatic imine (C=N–C) groups is 1. The lowest BCUT2D eigenvalue weighted by molar-refractivity contribution is 0.372. The van der Waals surface area contributed by atoms with E-state index in [1.807, 2.05) is 18.2 Å². The highest BCUT2D eigenvalue weighted by atomic mass is 127. The van der Waals surface area contributed by atoms with Gasteiger partial charge in [-0.15, -0.1) is 24.0 Å². The number of hydrogen-bond donors (Lipinski definition) is 1. The topological polar surface area (TPSA) is 65.9 Å². The maximum atomic E-state index is 5.44. The fraction of sp³-hybridized carbons (Fsp3) is 0.526. The SMILES string of the molecule is CCNC(=NCc1ccccc1OC)N1CCN(c2nc(CC)ns2)CC1.I. The van der Waals surface area contributed by atoms with E-state index in [4.69, 9.17) is 9.73 Å². The Hall–Kier alpha value is -1.62. The fourth-order valence-electron chi connectivity index (χ4n) is 3.05. The van der Waals surface area contributed by atoms with Crippen LogP contribution in [-0.4, -0.2) is 60.1 Å². The third-order valence-electron chi connectivity index (χ3n) is 4.55. The first-order valence-corrected chi connectivity index (χ1v) is 10.2. The molecule has 1 aromatic carbocycles. The van der Waals surface area contributed by atoms with Crippen LogP contribution in [0.1, 0.15) is 25.2 Å². The van der Waals surface area contributed by atoms with E-state index < -0.39 is 0 Å². The number of nitrogens with one attached hydrogen (secondary N) is 1. The van der Waals surface area contributed by atoms with E-state index in [1.165, 1.54) is 11.5 Å². The smallest absolute Gasteiger partial charge is 0.205 e. The summed E-state index contributed by atoms with van der Waals surface area (Å²) in [5.41, 5.74) is 1.09. The first kappa shape index (κ1) is 22.7. The molecule has 9 heteroatoms. The van der Waals surface area contributed by atoms with Crippen LogP contribution in [0.25, 0.3) is 0 Å². The van der Waals surface area contributed by atoms with E-state index in [9.17, 15) is 0 Å². The van der Waals surface area contributed by atoms with Crippen molar-refractivity contribution in [2.45, 2.75) is 26.8 Å². The van der Waals surface area contributed by atoms with Crippen molar-refractivity contribution >= 4 is 46.6 Å². The lowest BCUT2D eigenvalue weighted by Gasteiger charge is -2.36. The molecule has 154 valence electrons. The number of para-hydroxylation sites is 1. The first-order valence-electron chi connectivity index (χ1n) is 9.47. The summed E-state index contributed by atoms with van der Waals surface area (Å²) in [7, 11) is 1.70. The largest absolute Gasteiger partial charge is 0.496 e. The van der Waals surface area contributed by atoms with Crippen molar-refractivity contribution in [3.05, 3.63) is 35.7 Å². The maximum absolute atomic E-state index is 5.44. The van der Waals surface area contributed by atoms with Gasteiger partial charge in [0.2, 0.25) is 5.13 Å². The number of piperazine rings is 1.